The van der Waals surface area contributed by atoms with E-state index < -0.39 is 10.9 Å². The summed E-state index contributed by atoms with van der Waals surface area (Å²) in [4.78, 5) is 21.6. The molecule has 0 saturated carbocycles. The quantitative estimate of drug-likeness (QED) is 0.489. The molecule has 0 aliphatic heterocycles. The highest BCUT2D eigenvalue weighted by molar-refractivity contribution is 6.32. The minimum atomic E-state index is -0.644. The number of nitro benzene ring substituents is 1. The van der Waals surface area contributed by atoms with E-state index in [0.717, 1.165) is 0 Å². The molecule has 0 aliphatic rings. The fraction of sp³-hybridized carbons (Fsp3) is 0.167. The summed E-state index contributed by atoms with van der Waals surface area (Å²) < 4.78 is 9.59. The van der Waals surface area contributed by atoms with Crippen molar-refractivity contribution < 1.29 is 19.0 Å². The van der Waals surface area contributed by atoms with Gasteiger partial charge in [-0.05, 0) is 13.0 Å². The Bertz CT molecular complexity index is 668. The third-order valence-corrected chi connectivity index (χ3v) is 2.74. The molecule has 1 aromatic carbocycles. The van der Waals surface area contributed by atoms with Gasteiger partial charge in [-0.15, -0.1) is 0 Å². The lowest BCUT2D eigenvalue weighted by molar-refractivity contribution is -0.384. The van der Waals surface area contributed by atoms with Crippen molar-refractivity contribution in [1.82, 2.24) is 5.16 Å². The van der Waals surface area contributed by atoms with Crippen LogP contribution in [0.5, 0.6) is 0 Å². The summed E-state index contributed by atoms with van der Waals surface area (Å²) in [5.41, 5.74) is 0.457. The molecule has 8 heteroatoms. The fourth-order valence-electron chi connectivity index (χ4n) is 1.52. The Hall–Kier alpha value is -2.41. The molecule has 20 heavy (non-hydrogen) atoms. The first-order chi connectivity index (χ1) is 9.52. The van der Waals surface area contributed by atoms with Gasteiger partial charge in [-0.1, -0.05) is 22.8 Å². The van der Waals surface area contributed by atoms with Gasteiger partial charge >= 0.3 is 5.97 Å². The first kappa shape index (κ1) is 14.0. The molecule has 0 bridgehead atoms. The minimum absolute atomic E-state index is 0.0212. The number of ether oxygens (including phenoxy) is 1. The van der Waals surface area contributed by atoms with Crippen molar-refractivity contribution in [1.29, 1.82) is 0 Å². The third-order valence-electron chi connectivity index (χ3n) is 2.43. The second kappa shape index (κ2) is 5.70. The molecule has 0 aliphatic carbocycles. The highest BCUT2D eigenvalue weighted by Gasteiger charge is 2.18. The van der Waals surface area contributed by atoms with Crippen molar-refractivity contribution in [3.8, 4) is 11.3 Å². The van der Waals surface area contributed by atoms with E-state index >= 15 is 0 Å². The van der Waals surface area contributed by atoms with Gasteiger partial charge in [-0.2, -0.15) is 0 Å². The maximum Gasteiger partial charge on any atom is 0.377 e. The average molecular weight is 297 g/mol. The molecule has 1 aromatic heterocycles. The number of aromatic nitrogens is 1. The van der Waals surface area contributed by atoms with E-state index in [4.69, 9.17) is 20.9 Å². The van der Waals surface area contributed by atoms with E-state index in [2.05, 4.69) is 5.16 Å². The highest BCUT2D eigenvalue weighted by Crippen LogP contribution is 2.30. The lowest BCUT2D eigenvalue weighted by atomic mass is 10.1. The van der Waals surface area contributed by atoms with E-state index in [1.807, 2.05) is 0 Å². The van der Waals surface area contributed by atoms with Crippen molar-refractivity contribution in [2.45, 2.75) is 6.92 Å². The van der Waals surface area contributed by atoms with Crippen molar-refractivity contribution in [3.05, 3.63) is 45.2 Å². The van der Waals surface area contributed by atoms with Crippen LogP contribution in [0.4, 0.5) is 5.69 Å². The first-order valence-corrected chi connectivity index (χ1v) is 5.99. The van der Waals surface area contributed by atoms with E-state index in [1.165, 1.54) is 18.2 Å². The molecule has 0 atom stereocenters. The molecule has 104 valence electrons. The van der Waals surface area contributed by atoms with Crippen LogP contribution < -0.4 is 0 Å². The summed E-state index contributed by atoms with van der Waals surface area (Å²) in [6, 6.07) is 5.54. The van der Waals surface area contributed by atoms with Gasteiger partial charge < -0.3 is 9.26 Å². The zero-order valence-corrected chi connectivity index (χ0v) is 11.1. The normalized spacial score (nSPS) is 10.3. The number of nitro groups is 1. The standard InChI is InChI=1S/C12H9ClN2O5/c1-2-19-12(16)11-6-9(14-20-11)7-3-4-8(13)10(5-7)15(17)18/h3-6H,2H2,1H3. The van der Waals surface area contributed by atoms with Crippen LogP contribution in [0.15, 0.2) is 28.8 Å². The van der Waals surface area contributed by atoms with Gasteiger partial charge in [0.15, 0.2) is 0 Å². The first-order valence-electron chi connectivity index (χ1n) is 5.61. The zero-order chi connectivity index (χ0) is 14.7. The zero-order valence-electron chi connectivity index (χ0n) is 10.3. The summed E-state index contributed by atoms with van der Waals surface area (Å²) in [6.45, 7) is 1.87. The van der Waals surface area contributed by atoms with Crippen LogP contribution in [0.3, 0.4) is 0 Å². The Labute approximate surface area is 118 Å². The lowest BCUT2D eigenvalue weighted by Crippen LogP contribution is -2.02. The Morgan fingerprint density at radius 2 is 2.25 bits per heavy atom. The Morgan fingerprint density at radius 1 is 1.50 bits per heavy atom. The molecule has 0 radical (unpaired) electrons. The monoisotopic (exact) mass is 296 g/mol. The molecule has 0 amide bonds. The van der Waals surface area contributed by atoms with E-state index in [9.17, 15) is 14.9 Å². The number of halogens is 1. The van der Waals surface area contributed by atoms with Crippen molar-refractivity contribution in [3.63, 3.8) is 0 Å². The van der Waals surface area contributed by atoms with Crippen LogP contribution in [0, 0.1) is 10.1 Å². The number of carbonyl (C=O) groups excluding carboxylic acids is 1. The number of nitrogens with zero attached hydrogens (tertiary/aromatic N) is 2. The SMILES string of the molecule is CCOC(=O)c1cc(-c2ccc(Cl)c([N+](=O)[O-])c2)no1. The van der Waals surface area contributed by atoms with Gasteiger partial charge in [0.25, 0.3) is 5.69 Å². The van der Waals surface area contributed by atoms with E-state index in [-0.39, 0.29) is 28.8 Å². The van der Waals surface area contributed by atoms with Gasteiger partial charge in [0.05, 0.1) is 11.5 Å². The molecule has 2 aromatic rings. The molecular weight excluding hydrogens is 288 g/mol. The van der Waals surface area contributed by atoms with Crippen molar-refractivity contribution in [2.24, 2.45) is 0 Å². The molecule has 0 spiro atoms. The van der Waals surface area contributed by atoms with Crippen LogP contribution in [0.1, 0.15) is 17.5 Å². The summed E-state index contributed by atoms with van der Waals surface area (Å²) >= 11 is 5.72. The molecular formula is C12H9ClN2O5. The summed E-state index contributed by atoms with van der Waals surface area (Å²) in [7, 11) is 0. The molecule has 1 heterocycles. The highest BCUT2D eigenvalue weighted by atomic mass is 35.5. The predicted molar refractivity (Wildman–Crippen MR) is 69.6 cm³/mol. The van der Waals surface area contributed by atoms with Gasteiger partial charge in [-0.25, -0.2) is 4.79 Å². The van der Waals surface area contributed by atoms with Crippen molar-refractivity contribution >= 4 is 23.3 Å². The topological polar surface area (TPSA) is 95.5 Å². The van der Waals surface area contributed by atoms with E-state index in [0.29, 0.717) is 5.56 Å². The predicted octanol–water partition coefficient (Wildman–Crippen LogP) is 3.08. The van der Waals surface area contributed by atoms with Crippen LogP contribution in [-0.2, 0) is 4.74 Å². The lowest BCUT2D eigenvalue weighted by Gasteiger charge is -1.98. The maximum atomic E-state index is 11.4. The van der Waals surface area contributed by atoms with E-state index in [1.54, 1.807) is 13.0 Å². The fourth-order valence-corrected chi connectivity index (χ4v) is 1.71. The molecule has 0 unspecified atom stereocenters. The molecule has 2 rings (SSSR count). The maximum absolute atomic E-state index is 11.4. The smallest absolute Gasteiger partial charge is 0.377 e. The van der Waals surface area contributed by atoms with Crippen LogP contribution in [-0.4, -0.2) is 22.7 Å². The number of esters is 1. The van der Waals surface area contributed by atoms with Gasteiger partial charge in [-0.3, -0.25) is 10.1 Å². The molecule has 7 nitrogen and oxygen atoms in total. The number of hydrogen-bond acceptors (Lipinski definition) is 6. The van der Waals surface area contributed by atoms with Crippen LogP contribution >= 0.6 is 11.6 Å². The van der Waals surface area contributed by atoms with Gasteiger partial charge in [0.1, 0.15) is 10.7 Å². The van der Waals surface area contributed by atoms with Crippen LogP contribution in [0.2, 0.25) is 5.02 Å². The number of carbonyl (C=O) groups is 1. The summed E-state index contributed by atoms with van der Waals surface area (Å²) in [5, 5.41) is 14.5. The summed E-state index contributed by atoms with van der Waals surface area (Å²) in [5.74, 6) is -0.714. The Kier molecular flexibility index (Phi) is 3.99. The Balaban J connectivity index is 2.35. The number of rotatable bonds is 4. The minimum Gasteiger partial charge on any atom is -0.460 e. The number of benzene rings is 1. The molecule has 0 saturated heterocycles. The largest absolute Gasteiger partial charge is 0.460 e. The molecule has 0 N–H and O–H groups in total. The third kappa shape index (κ3) is 2.77. The van der Waals surface area contributed by atoms with Gasteiger partial charge in [0.2, 0.25) is 5.76 Å². The van der Waals surface area contributed by atoms with Crippen molar-refractivity contribution in [2.75, 3.05) is 6.61 Å². The molecule has 0 fully saturated rings. The second-order valence-electron chi connectivity index (χ2n) is 3.72. The van der Waals surface area contributed by atoms with Gasteiger partial charge in [0, 0.05) is 17.7 Å². The second-order valence-corrected chi connectivity index (χ2v) is 4.13. The van der Waals surface area contributed by atoms with Crippen LogP contribution in [0.25, 0.3) is 11.3 Å². The average Bonchev–Trinajstić information content (AvgIpc) is 2.89. The number of hydrogen-bond donors (Lipinski definition) is 0. The Morgan fingerprint density at radius 3 is 2.90 bits per heavy atom. The summed E-state index contributed by atoms with van der Waals surface area (Å²) in [6.07, 6.45) is 0.